The van der Waals surface area contributed by atoms with E-state index in [4.69, 9.17) is 0 Å². The number of benzene rings is 1. The summed E-state index contributed by atoms with van der Waals surface area (Å²) in [5.74, 6) is -1.43. The van der Waals surface area contributed by atoms with E-state index >= 15 is 0 Å². The van der Waals surface area contributed by atoms with Crippen LogP contribution < -0.4 is 5.32 Å². The quantitative estimate of drug-likeness (QED) is 0.829. The summed E-state index contributed by atoms with van der Waals surface area (Å²) in [6, 6.07) is 6.95. The zero-order chi connectivity index (χ0) is 18.8. The number of hydrogen-bond donors (Lipinski definition) is 1. The van der Waals surface area contributed by atoms with Crippen LogP contribution >= 0.6 is 0 Å². The van der Waals surface area contributed by atoms with Crippen molar-refractivity contribution in [2.45, 2.75) is 45.6 Å². The van der Waals surface area contributed by atoms with Gasteiger partial charge in [0.25, 0.3) is 0 Å². The molecule has 1 heterocycles. The van der Waals surface area contributed by atoms with E-state index in [9.17, 15) is 18.0 Å². The number of para-hydroxylation sites is 1. The molecule has 1 aliphatic rings. The van der Waals surface area contributed by atoms with Gasteiger partial charge in [-0.15, -0.1) is 0 Å². The van der Waals surface area contributed by atoms with Crippen molar-refractivity contribution in [3.8, 4) is 0 Å². The van der Waals surface area contributed by atoms with Crippen molar-refractivity contribution in [1.82, 2.24) is 4.90 Å². The molecule has 1 atom stereocenters. The molecule has 1 saturated heterocycles. The van der Waals surface area contributed by atoms with Crippen LogP contribution in [0.5, 0.6) is 0 Å². The third kappa shape index (κ3) is 4.60. The van der Waals surface area contributed by atoms with Crippen molar-refractivity contribution in [2.75, 3.05) is 23.4 Å². The second-order valence-corrected chi connectivity index (χ2v) is 9.63. The summed E-state index contributed by atoms with van der Waals surface area (Å²) in [6.45, 7) is 8.14. The van der Waals surface area contributed by atoms with Crippen LogP contribution in [0.25, 0.3) is 0 Å². The molecular formula is C18H26N2O4S. The molecule has 7 heteroatoms. The molecule has 2 rings (SSSR count). The number of anilines is 1. The Bertz CT molecular complexity index is 766. The van der Waals surface area contributed by atoms with Crippen molar-refractivity contribution in [3.63, 3.8) is 0 Å². The minimum absolute atomic E-state index is 0.0654. The molecule has 2 amide bonds. The number of likely N-dealkylation sites (N-methyl/N-ethyl adjacent to an activating group) is 1. The highest BCUT2D eigenvalue weighted by molar-refractivity contribution is 7.91. The molecule has 25 heavy (non-hydrogen) atoms. The van der Waals surface area contributed by atoms with Gasteiger partial charge < -0.3 is 10.2 Å². The van der Waals surface area contributed by atoms with Gasteiger partial charge in [0.1, 0.15) is 0 Å². The third-order valence-corrected chi connectivity index (χ3v) is 6.18. The standard InChI is InChI=1S/C18H26N2O4S/c1-5-20(13-10-11-25(23,24)12-13)17(22)16(21)19-15-9-7-6-8-14(15)18(2,3)4/h6-9,13H,5,10-12H2,1-4H3,(H,19,21). The molecule has 1 aromatic carbocycles. The van der Waals surface area contributed by atoms with E-state index in [2.05, 4.69) is 5.32 Å². The molecule has 0 spiro atoms. The van der Waals surface area contributed by atoms with E-state index in [1.165, 1.54) is 4.90 Å². The number of carbonyl (C=O) groups excluding carboxylic acids is 2. The minimum Gasteiger partial charge on any atom is -0.331 e. The Hall–Kier alpha value is -1.89. The highest BCUT2D eigenvalue weighted by Crippen LogP contribution is 2.29. The van der Waals surface area contributed by atoms with Gasteiger partial charge in [-0.1, -0.05) is 39.0 Å². The first kappa shape index (κ1) is 19.4. The summed E-state index contributed by atoms with van der Waals surface area (Å²) in [5, 5.41) is 2.70. The summed E-state index contributed by atoms with van der Waals surface area (Å²) in [6.07, 6.45) is 0.383. The molecule has 1 fully saturated rings. The molecule has 6 nitrogen and oxygen atoms in total. The van der Waals surface area contributed by atoms with Crippen LogP contribution in [0.4, 0.5) is 5.69 Å². The van der Waals surface area contributed by atoms with Gasteiger partial charge in [0.05, 0.1) is 11.5 Å². The normalized spacial score (nSPS) is 19.4. The lowest BCUT2D eigenvalue weighted by molar-refractivity contribution is -0.144. The second-order valence-electron chi connectivity index (χ2n) is 7.40. The Morgan fingerprint density at radius 1 is 1.24 bits per heavy atom. The van der Waals surface area contributed by atoms with E-state index in [0.717, 1.165) is 5.56 Å². The van der Waals surface area contributed by atoms with Crippen LogP contribution in [-0.2, 0) is 24.8 Å². The topological polar surface area (TPSA) is 83.6 Å². The Kier molecular flexibility index (Phi) is 5.56. The van der Waals surface area contributed by atoms with Crippen LogP contribution in [0.15, 0.2) is 24.3 Å². The van der Waals surface area contributed by atoms with Crippen LogP contribution in [0.3, 0.4) is 0 Å². The molecule has 138 valence electrons. The zero-order valence-electron chi connectivity index (χ0n) is 15.2. The van der Waals surface area contributed by atoms with E-state index < -0.39 is 27.7 Å². The predicted octanol–water partition coefficient (Wildman–Crippen LogP) is 1.96. The third-order valence-electron chi connectivity index (χ3n) is 4.43. The second kappa shape index (κ2) is 7.15. The van der Waals surface area contributed by atoms with Crippen molar-refractivity contribution < 1.29 is 18.0 Å². The predicted molar refractivity (Wildman–Crippen MR) is 98.2 cm³/mol. The van der Waals surface area contributed by atoms with E-state index in [1.54, 1.807) is 19.1 Å². The molecule has 1 aromatic rings. The molecular weight excluding hydrogens is 340 g/mol. The summed E-state index contributed by atoms with van der Waals surface area (Å²) in [4.78, 5) is 26.4. The number of nitrogens with one attached hydrogen (secondary N) is 1. The molecule has 0 saturated carbocycles. The smallest absolute Gasteiger partial charge is 0.313 e. The zero-order valence-corrected chi connectivity index (χ0v) is 16.0. The molecule has 0 bridgehead atoms. The maximum absolute atomic E-state index is 12.6. The average molecular weight is 366 g/mol. The van der Waals surface area contributed by atoms with Gasteiger partial charge in [-0.05, 0) is 30.4 Å². The molecule has 1 N–H and O–H groups in total. The highest BCUT2D eigenvalue weighted by atomic mass is 32.2. The first-order valence-corrected chi connectivity index (χ1v) is 10.3. The number of sulfone groups is 1. The Morgan fingerprint density at radius 3 is 2.40 bits per heavy atom. The van der Waals surface area contributed by atoms with E-state index in [-0.39, 0.29) is 16.9 Å². The number of carbonyl (C=O) groups is 2. The fourth-order valence-electron chi connectivity index (χ4n) is 3.14. The van der Waals surface area contributed by atoms with Crippen LogP contribution in [-0.4, -0.2) is 49.2 Å². The molecule has 0 radical (unpaired) electrons. The molecule has 0 aromatic heterocycles. The first-order chi connectivity index (χ1) is 11.5. The SMILES string of the molecule is CCN(C(=O)C(=O)Nc1ccccc1C(C)(C)C)C1CCS(=O)(=O)C1. The fraction of sp³-hybridized carbons (Fsp3) is 0.556. The van der Waals surface area contributed by atoms with Crippen molar-refractivity contribution in [1.29, 1.82) is 0 Å². The van der Waals surface area contributed by atoms with Gasteiger partial charge in [-0.25, -0.2) is 8.42 Å². The molecule has 1 aliphatic heterocycles. The van der Waals surface area contributed by atoms with Crippen LogP contribution in [0.1, 0.15) is 39.7 Å². The van der Waals surface area contributed by atoms with Crippen molar-refractivity contribution >= 4 is 27.3 Å². The Balaban J connectivity index is 2.17. The summed E-state index contributed by atoms with van der Waals surface area (Å²) >= 11 is 0. The maximum atomic E-state index is 12.6. The van der Waals surface area contributed by atoms with Gasteiger partial charge in [-0.3, -0.25) is 9.59 Å². The molecule has 1 unspecified atom stereocenters. The maximum Gasteiger partial charge on any atom is 0.313 e. The lowest BCUT2D eigenvalue weighted by Gasteiger charge is -2.27. The van der Waals surface area contributed by atoms with Gasteiger partial charge in [0.15, 0.2) is 9.84 Å². The van der Waals surface area contributed by atoms with Gasteiger partial charge >= 0.3 is 11.8 Å². The van der Waals surface area contributed by atoms with Crippen LogP contribution in [0.2, 0.25) is 0 Å². The lowest BCUT2D eigenvalue weighted by atomic mass is 9.86. The van der Waals surface area contributed by atoms with Gasteiger partial charge in [-0.2, -0.15) is 0 Å². The summed E-state index contributed by atoms with van der Waals surface area (Å²) < 4.78 is 23.3. The van der Waals surface area contributed by atoms with Gasteiger partial charge in [0, 0.05) is 18.3 Å². The van der Waals surface area contributed by atoms with E-state index in [1.807, 2.05) is 32.9 Å². The van der Waals surface area contributed by atoms with Gasteiger partial charge in [0.2, 0.25) is 0 Å². The Labute approximate surface area is 149 Å². The number of amides is 2. The fourth-order valence-corrected chi connectivity index (χ4v) is 4.87. The van der Waals surface area contributed by atoms with Crippen molar-refractivity contribution in [3.05, 3.63) is 29.8 Å². The minimum atomic E-state index is -3.12. The summed E-state index contributed by atoms with van der Waals surface area (Å²) in [5.41, 5.74) is 1.35. The van der Waals surface area contributed by atoms with Crippen molar-refractivity contribution in [2.24, 2.45) is 0 Å². The summed E-state index contributed by atoms with van der Waals surface area (Å²) in [7, 11) is -3.12. The number of rotatable bonds is 3. The monoisotopic (exact) mass is 366 g/mol. The van der Waals surface area contributed by atoms with Crippen LogP contribution in [0, 0.1) is 0 Å². The lowest BCUT2D eigenvalue weighted by Crippen LogP contribution is -2.46. The molecule has 0 aliphatic carbocycles. The largest absolute Gasteiger partial charge is 0.331 e. The van der Waals surface area contributed by atoms with E-state index in [0.29, 0.717) is 18.7 Å². The average Bonchev–Trinajstić information content (AvgIpc) is 2.87. The number of hydrogen-bond acceptors (Lipinski definition) is 4. The highest BCUT2D eigenvalue weighted by Gasteiger charge is 2.36. The number of nitrogens with zero attached hydrogens (tertiary/aromatic N) is 1. The Morgan fingerprint density at radius 2 is 1.88 bits per heavy atom. The first-order valence-electron chi connectivity index (χ1n) is 8.47.